The minimum atomic E-state index is -4.75. The molecule has 1 aromatic heterocycles. The van der Waals surface area contributed by atoms with Gasteiger partial charge in [0.15, 0.2) is 6.10 Å². The van der Waals surface area contributed by atoms with Gasteiger partial charge in [-0.25, -0.2) is 14.2 Å². The number of hydrogen-bond acceptors (Lipinski definition) is 5. The normalized spacial score (nSPS) is 17.1. The first-order valence-electron chi connectivity index (χ1n) is 14.7. The van der Waals surface area contributed by atoms with Gasteiger partial charge in [-0.1, -0.05) is 24.2 Å². The van der Waals surface area contributed by atoms with Crippen molar-refractivity contribution in [3.63, 3.8) is 0 Å². The van der Waals surface area contributed by atoms with Crippen molar-refractivity contribution >= 4 is 11.7 Å². The quantitative estimate of drug-likeness (QED) is 0.188. The Labute approximate surface area is 270 Å². The van der Waals surface area contributed by atoms with E-state index in [1.165, 1.54) is 37.6 Å². The van der Waals surface area contributed by atoms with E-state index in [9.17, 15) is 40.6 Å². The van der Waals surface area contributed by atoms with Gasteiger partial charge in [0.2, 0.25) is 5.88 Å². The van der Waals surface area contributed by atoms with E-state index in [0.717, 1.165) is 31.2 Å². The number of carboxylic acid groups (broad SMARTS) is 1. The Kier molecular flexibility index (Phi) is 9.26. The molecule has 3 atom stereocenters. The van der Waals surface area contributed by atoms with Gasteiger partial charge in [-0.2, -0.15) is 26.3 Å². The first-order chi connectivity index (χ1) is 22.5. The fourth-order valence-electron chi connectivity index (χ4n) is 5.70. The number of aryl methyl sites for hydroxylation is 1. The largest absolute Gasteiger partial charge is 0.481 e. The smallest absolute Gasteiger partial charge is 0.416 e. The second-order valence-electron chi connectivity index (χ2n) is 11.6. The monoisotopic (exact) mass is 674 g/mol. The molecule has 0 aliphatic carbocycles. The predicted octanol–water partition coefficient (Wildman–Crippen LogP) is 9.81. The van der Waals surface area contributed by atoms with Gasteiger partial charge >= 0.3 is 18.3 Å². The zero-order valence-corrected chi connectivity index (χ0v) is 26.0. The highest BCUT2D eigenvalue weighted by Gasteiger charge is 2.37. The lowest BCUT2D eigenvalue weighted by Gasteiger charge is -2.20. The Bertz CT molecular complexity index is 1900. The van der Waals surface area contributed by atoms with Crippen LogP contribution >= 0.6 is 0 Å². The molecule has 0 spiro atoms. The molecule has 48 heavy (non-hydrogen) atoms. The fourth-order valence-corrected chi connectivity index (χ4v) is 5.70. The van der Waals surface area contributed by atoms with Crippen molar-refractivity contribution in [2.45, 2.75) is 51.8 Å². The summed E-state index contributed by atoms with van der Waals surface area (Å²) in [5.41, 5.74) is 0.800. The van der Waals surface area contributed by atoms with Crippen LogP contribution in [0, 0.1) is 12.8 Å². The van der Waals surface area contributed by atoms with Gasteiger partial charge in [0, 0.05) is 29.7 Å². The maximum absolute atomic E-state index is 14.2. The lowest BCUT2D eigenvalue weighted by Crippen LogP contribution is -2.18. The lowest BCUT2D eigenvalue weighted by molar-refractivity contribution is -0.138. The number of hydrogen-bond donors (Lipinski definition) is 1. The third kappa shape index (κ3) is 6.99. The van der Waals surface area contributed by atoms with Crippen LogP contribution in [-0.2, 0) is 23.6 Å². The van der Waals surface area contributed by atoms with Crippen molar-refractivity contribution < 1.29 is 50.2 Å². The molecule has 0 bridgehead atoms. The maximum atomic E-state index is 14.2. The summed E-state index contributed by atoms with van der Waals surface area (Å²) in [4.78, 5) is 21.3. The summed E-state index contributed by atoms with van der Waals surface area (Å²) >= 11 is 0. The van der Waals surface area contributed by atoms with Crippen LogP contribution in [0.4, 0.5) is 30.7 Å². The summed E-state index contributed by atoms with van der Waals surface area (Å²) < 4.78 is 102. The highest BCUT2D eigenvalue weighted by atomic mass is 19.4. The number of carboxylic acids is 1. The fraction of sp³-hybridized carbons (Fsp3) is 0.286. The van der Waals surface area contributed by atoms with Crippen molar-refractivity contribution in [2.75, 3.05) is 7.11 Å². The van der Waals surface area contributed by atoms with Gasteiger partial charge in [-0.15, -0.1) is 0 Å². The van der Waals surface area contributed by atoms with Crippen molar-refractivity contribution in [2.24, 2.45) is 11.1 Å². The summed E-state index contributed by atoms with van der Waals surface area (Å²) in [5.74, 6) is -1.69. The van der Waals surface area contributed by atoms with Crippen molar-refractivity contribution in [1.29, 1.82) is 0 Å². The van der Waals surface area contributed by atoms with Crippen LogP contribution in [0.25, 0.3) is 22.3 Å². The van der Waals surface area contributed by atoms with E-state index >= 15 is 0 Å². The number of pyridine rings is 1. The Morgan fingerprint density at radius 2 is 1.62 bits per heavy atom. The minimum Gasteiger partial charge on any atom is -0.481 e. The van der Waals surface area contributed by atoms with Gasteiger partial charge in [0.05, 0.1) is 29.5 Å². The number of oxime groups is 1. The molecule has 6 nitrogen and oxygen atoms in total. The van der Waals surface area contributed by atoms with Crippen molar-refractivity contribution in [3.8, 4) is 28.1 Å². The van der Waals surface area contributed by atoms with E-state index in [1.807, 2.05) is 0 Å². The molecule has 5 rings (SSSR count). The standard InChI is InChI=1S/C35H29F7N2O4/c1-17-9-20(33(45)46)5-7-27(17)24-14-29(32(47-4)43-16-24)28-8-6-25(34(37,38)39)12-22(28)15-30-18(2)31(48-44-30)23-10-21(19(3)36)11-26(13-23)35(40,41)42/h5-14,16,18-19,31H,15H2,1-4H3,(H,45,46)/t18-,19?,31+/m1/s1. The number of carbonyl (C=O) groups is 1. The number of nitrogens with zero attached hydrogens (tertiary/aromatic N) is 2. The van der Waals surface area contributed by atoms with E-state index in [4.69, 9.17) is 9.57 Å². The summed E-state index contributed by atoms with van der Waals surface area (Å²) in [6.07, 6.45) is -10.9. The second-order valence-corrected chi connectivity index (χ2v) is 11.6. The molecule has 1 unspecified atom stereocenters. The number of aromatic nitrogens is 1. The second kappa shape index (κ2) is 12.9. The van der Waals surface area contributed by atoms with E-state index in [0.29, 0.717) is 27.8 Å². The van der Waals surface area contributed by atoms with Crippen LogP contribution in [-0.4, -0.2) is 28.9 Å². The van der Waals surface area contributed by atoms with Crippen LogP contribution in [0.3, 0.4) is 0 Å². The lowest BCUT2D eigenvalue weighted by atomic mass is 9.86. The molecule has 0 radical (unpaired) electrons. The van der Waals surface area contributed by atoms with E-state index < -0.39 is 47.6 Å². The Balaban J connectivity index is 1.56. The number of rotatable bonds is 8. The average molecular weight is 675 g/mol. The van der Waals surface area contributed by atoms with Crippen molar-refractivity contribution in [3.05, 3.63) is 106 Å². The Morgan fingerprint density at radius 3 is 2.23 bits per heavy atom. The molecule has 2 heterocycles. The molecule has 13 heteroatoms. The number of benzene rings is 3. The molecular formula is C35H29F7N2O4. The summed E-state index contributed by atoms with van der Waals surface area (Å²) in [6, 6.07) is 12.2. The number of aromatic carboxylic acids is 1. The van der Waals surface area contributed by atoms with Gasteiger partial charge in [0.25, 0.3) is 0 Å². The molecule has 252 valence electrons. The Hall–Kier alpha value is -4.94. The highest BCUT2D eigenvalue weighted by molar-refractivity contribution is 5.92. The molecule has 3 aromatic carbocycles. The minimum absolute atomic E-state index is 0.0303. The molecule has 0 amide bonds. The molecule has 1 N–H and O–H groups in total. The van der Waals surface area contributed by atoms with E-state index in [-0.39, 0.29) is 40.3 Å². The number of ether oxygens (including phenoxy) is 1. The number of alkyl halides is 7. The zero-order chi connectivity index (χ0) is 35.1. The number of methoxy groups -OCH3 is 1. The number of halogens is 7. The van der Waals surface area contributed by atoms with E-state index in [1.54, 1.807) is 26.0 Å². The predicted molar refractivity (Wildman–Crippen MR) is 163 cm³/mol. The van der Waals surface area contributed by atoms with Gasteiger partial charge < -0.3 is 14.7 Å². The van der Waals surface area contributed by atoms with Crippen molar-refractivity contribution in [1.82, 2.24) is 4.98 Å². The van der Waals surface area contributed by atoms with Crippen LogP contribution in [0.5, 0.6) is 5.88 Å². The van der Waals surface area contributed by atoms with Gasteiger partial charge in [-0.3, -0.25) is 0 Å². The molecule has 0 saturated heterocycles. The molecule has 1 aliphatic rings. The molecule has 0 saturated carbocycles. The van der Waals surface area contributed by atoms with Crippen LogP contribution in [0.2, 0.25) is 0 Å². The van der Waals surface area contributed by atoms with E-state index in [2.05, 4.69) is 10.1 Å². The maximum Gasteiger partial charge on any atom is 0.416 e. The molecule has 1 aliphatic heterocycles. The summed E-state index contributed by atoms with van der Waals surface area (Å²) in [5, 5.41) is 13.4. The first-order valence-corrected chi connectivity index (χ1v) is 14.7. The SMILES string of the molecule is COc1ncc(-c2ccc(C(=O)O)cc2C)cc1-c1ccc(C(F)(F)F)cc1CC1=NO[C@H](c2cc(C(C)F)cc(C(F)(F)F)c2)[C@@H]1C. The molecule has 0 fully saturated rings. The zero-order valence-electron chi connectivity index (χ0n) is 26.0. The molecule has 4 aromatic rings. The highest BCUT2D eigenvalue weighted by Crippen LogP contribution is 2.42. The third-order valence-corrected chi connectivity index (χ3v) is 8.28. The third-order valence-electron chi connectivity index (χ3n) is 8.28. The summed E-state index contributed by atoms with van der Waals surface area (Å²) in [6.45, 7) is 4.45. The van der Waals surface area contributed by atoms with Crippen LogP contribution in [0.15, 0.2) is 72.0 Å². The summed E-state index contributed by atoms with van der Waals surface area (Å²) in [7, 11) is 1.35. The van der Waals surface area contributed by atoms with Gasteiger partial charge in [0.1, 0.15) is 6.17 Å². The first kappa shape index (κ1) is 34.4. The van der Waals surface area contributed by atoms with Crippen LogP contribution in [0.1, 0.15) is 69.9 Å². The van der Waals surface area contributed by atoms with Crippen LogP contribution < -0.4 is 4.74 Å². The molecular weight excluding hydrogens is 645 g/mol. The Morgan fingerprint density at radius 1 is 0.938 bits per heavy atom. The topological polar surface area (TPSA) is 81.0 Å². The average Bonchev–Trinajstić information content (AvgIpc) is 3.38. The van der Waals surface area contributed by atoms with Gasteiger partial charge in [-0.05, 0) is 95.8 Å².